The molecule has 1 fully saturated rings. The van der Waals surface area contributed by atoms with Gasteiger partial charge in [0.05, 0.1) is 12.3 Å². The van der Waals surface area contributed by atoms with Crippen LogP contribution in [0.25, 0.3) is 11.1 Å². The number of benzene rings is 3. The van der Waals surface area contributed by atoms with Gasteiger partial charge in [-0.15, -0.1) is 0 Å². The third-order valence-corrected chi connectivity index (χ3v) is 6.28. The predicted molar refractivity (Wildman–Crippen MR) is 117 cm³/mol. The van der Waals surface area contributed by atoms with E-state index in [0.717, 1.165) is 29.4 Å². The van der Waals surface area contributed by atoms with Gasteiger partial charge in [-0.2, -0.15) is 0 Å². The fourth-order valence-corrected chi connectivity index (χ4v) is 4.68. The molecule has 5 rings (SSSR count). The topological polar surface area (TPSA) is 66.5 Å². The number of imide groups is 1. The van der Waals surface area contributed by atoms with Crippen LogP contribution in [0.5, 0.6) is 0 Å². The zero-order chi connectivity index (χ0) is 20.7. The van der Waals surface area contributed by atoms with Crippen LogP contribution in [0.2, 0.25) is 0 Å². The molecule has 1 saturated heterocycles. The van der Waals surface area contributed by atoms with E-state index in [4.69, 9.17) is 0 Å². The number of hydrogen-bond donors (Lipinski definition) is 1. The lowest BCUT2D eigenvalue weighted by Crippen LogP contribution is -2.28. The van der Waals surface area contributed by atoms with E-state index in [1.165, 1.54) is 27.2 Å². The number of carbonyl (C=O) groups excluding carboxylic acids is 3. The van der Waals surface area contributed by atoms with Crippen molar-refractivity contribution in [1.82, 2.24) is 4.90 Å². The van der Waals surface area contributed by atoms with E-state index >= 15 is 0 Å². The molecular weight excluding hydrogens is 396 g/mol. The lowest BCUT2D eigenvalue weighted by Gasteiger charge is -2.13. The van der Waals surface area contributed by atoms with Crippen molar-refractivity contribution < 1.29 is 14.4 Å². The SMILES string of the molecule is O=C(Nc1ccc2c(c1)Cc1ccccc1-2)c1cccc(CN2C(=O)CSC2=O)c1. The number of rotatable bonds is 4. The van der Waals surface area contributed by atoms with Gasteiger partial charge in [-0.3, -0.25) is 19.3 Å². The van der Waals surface area contributed by atoms with E-state index < -0.39 is 0 Å². The van der Waals surface area contributed by atoms with Crippen LogP contribution in [-0.2, 0) is 17.8 Å². The number of thioether (sulfide) groups is 1. The molecule has 1 aliphatic carbocycles. The summed E-state index contributed by atoms with van der Waals surface area (Å²) in [6.45, 7) is 0.183. The highest BCUT2D eigenvalue weighted by Gasteiger charge is 2.29. The molecule has 0 spiro atoms. The number of carbonyl (C=O) groups is 3. The van der Waals surface area contributed by atoms with Gasteiger partial charge < -0.3 is 5.32 Å². The van der Waals surface area contributed by atoms with E-state index in [9.17, 15) is 14.4 Å². The molecular formula is C24H18N2O3S. The Morgan fingerprint density at radius 1 is 0.933 bits per heavy atom. The number of amides is 3. The molecule has 0 atom stereocenters. The monoisotopic (exact) mass is 414 g/mol. The first-order valence-electron chi connectivity index (χ1n) is 9.67. The van der Waals surface area contributed by atoms with Gasteiger partial charge in [0.2, 0.25) is 5.91 Å². The Morgan fingerprint density at radius 3 is 2.60 bits per heavy atom. The van der Waals surface area contributed by atoms with Crippen molar-refractivity contribution in [3.63, 3.8) is 0 Å². The van der Waals surface area contributed by atoms with Crippen LogP contribution in [0.15, 0.2) is 66.7 Å². The largest absolute Gasteiger partial charge is 0.322 e. The van der Waals surface area contributed by atoms with E-state index in [1.807, 2.05) is 30.3 Å². The van der Waals surface area contributed by atoms with E-state index in [0.29, 0.717) is 5.56 Å². The van der Waals surface area contributed by atoms with E-state index in [2.05, 4.69) is 23.5 Å². The number of nitrogens with zero attached hydrogens (tertiary/aromatic N) is 1. The molecule has 1 N–H and O–H groups in total. The summed E-state index contributed by atoms with van der Waals surface area (Å²) >= 11 is 1.01. The summed E-state index contributed by atoms with van der Waals surface area (Å²) in [4.78, 5) is 37.7. The Balaban J connectivity index is 1.32. The molecule has 0 radical (unpaired) electrons. The highest BCUT2D eigenvalue weighted by Crippen LogP contribution is 2.37. The van der Waals surface area contributed by atoms with Gasteiger partial charge in [0.25, 0.3) is 11.1 Å². The van der Waals surface area contributed by atoms with Gasteiger partial charge in [0, 0.05) is 11.3 Å². The van der Waals surface area contributed by atoms with Crippen LogP contribution < -0.4 is 5.32 Å². The van der Waals surface area contributed by atoms with Crippen LogP contribution in [0.1, 0.15) is 27.0 Å². The summed E-state index contributed by atoms with van der Waals surface area (Å²) < 4.78 is 0. The molecule has 5 nitrogen and oxygen atoms in total. The van der Waals surface area contributed by atoms with Gasteiger partial charge in [-0.25, -0.2) is 0 Å². The van der Waals surface area contributed by atoms with Crippen molar-refractivity contribution in [2.75, 3.05) is 11.1 Å². The highest BCUT2D eigenvalue weighted by molar-refractivity contribution is 8.14. The van der Waals surface area contributed by atoms with Crippen molar-refractivity contribution >= 4 is 34.5 Å². The summed E-state index contributed by atoms with van der Waals surface area (Å²) in [6, 6.07) is 21.4. The Hall–Kier alpha value is -3.38. The zero-order valence-corrected chi connectivity index (χ0v) is 16.9. The Kier molecular flexibility index (Phi) is 4.64. The number of hydrogen-bond acceptors (Lipinski definition) is 4. The molecule has 1 aliphatic heterocycles. The molecule has 3 aromatic rings. The minimum absolute atomic E-state index is 0.182. The van der Waals surface area contributed by atoms with Crippen LogP contribution in [0, 0.1) is 0 Å². The minimum Gasteiger partial charge on any atom is -0.322 e. The first-order chi connectivity index (χ1) is 14.6. The fourth-order valence-electron chi connectivity index (χ4n) is 3.95. The van der Waals surface area contributed by atoms with Gasteiger partial charge in [0.15, 0.2) is 0 Å². The third-order valence-electron chi connectivity index (χ3n) is 5.42. The fraction of sp³-hybridized carbons (Fsp3) is 0.125. The molecule has 0 saturated carbocycles. The number of fused-ring (bicyclic) bond motifs is 3. The third kappa shape index (κ3) is 3.39. The lowest BCUT2D eigenvalue weighted by atomic mass is 10.1. The van der Waals surface area contributed by atoms with E-state index in [-0.39, 0.29) is 29.4 Å². The molecule has 6 heteroatoms. The number of anilines is 1. The Bertz CT molecular complexity index is 1190. The first-order valence-corrected chi connectivity index (χ1v) is 10.7. The molecule has 148 valence electrons. The maximum atomic E-state index is 12.8. The molecule has 3 amide bonds. The smallest absolute Gasteiger partial charge is 0.289 e. The normalized spacial score (nSPS) is 14.6. The van der Waals surface area contributed by atoms with Gasteiger partial charge in [-0.1, -0.05) is 54.2 Å². The van der Waals surface area contributed by atoms with Crippen molar-refractivity contribution in [2.24, 2.45) is 0 Å². The van der Waals surface area contributed by atoms with Crippen LogP contribution in [0.4, 0.5) is 10.5 Å². The molecule has 0 aromatic heterocycles. The summed E-state index contributed by atoms with van der Waals surface area (Å²) in [5.41, 5.74) is 6.95. The van der Waals surface area contributed by atoms with E-state index in [1.54, 1.807) is 18.2 Å². The van der Waals surface area contributed by atoms with Crippen molar-refractivity contribution in [1.29, 1.82) is 0 Å². The molecule has 0 bridgehead atoms. The summed E-state index contributed by atoms with van der Waals surface area (Å²) in [5, 5.41) is 2.72. The Morgan fingerprint density at radius 2 is 1.77 bits per heavy atom. The number of nitrogens with one attached hydrogen (secondary N) is 1. The summed E-state index contributed by atoms with van der Waals surface area (Å²) in [7, 11) is 0. The average molecular weight is 414 g/mol. The molecule has 0 unspecified atom stereocenters. The van der Waals surface area contributed by atoms with Crippen LogP contribution >= 0.6 is 11.8 Å². The maximum Gasteiger partial charge on any atom is 0.289 e. The van der Waals surface area contributed by atoms with Crippen molar-refractivity contribution in [3.05, 3.63) is 89.0 Å². The molecule has 2 aliphatic rings. The summed E-state index contributed by atoms with van der Waals surface area (Å²) in [5.74, 6) is -0.235. The molecule has 30 heavy (non-hydrogen) atoms. The Labute approximate surface area is 178 Å². The molecule has 3 aromatic carbocycles. The second kappa shape index (κ2) is 7.46. The van der Waals surface area contributed by atoms with Gasteiger partial charge >= 0.3 is 0 Å². The second-order valence-corrected chi connectivity index (χ2v) is 8.32. The highest BCUT2D eigenvalue weighted by atomic mass is 32.2. The standard InChI is InChI=1S/C24H18N2O3S/c27-22-14-30-24(29)26(22)13-15-4-3-6-17(10-15)23(28)25-19-8-9-21-18(12-19)11-16-5-1-2-7-20(16)21/h1-10,12H,11,13-14H2,(H,25,28). The van der Waals surface area contributed by atoms with Gasteiger partial charge in [-0.05, 0) is 58.5 Å². The van der Waals surface area contributed by atoms with Crippen molar-refractivity contribution in [2.45, 2.75) is 13.0 Å². The second-order valence-electron chi connectivity index (χ2n) is 7.39. The maximum absolute atomic E-state index is 12.8. The predicted octanol–water partition coefficient (Wildman–Crippen LogP) is 4.71. The van der Waals surface area contributed by atoms with Gasteiger partial charge in [0.1, 0.15) is 0 Å². The van der Waals surface area contributed by atoms with Crippen LogP contribution in [-0.4, -0.2) is 27.7 Å². The average Bonchev–Trinajstić information content (AvgIpc) is 3.28. The summed E-state index contributed by atoms with van der Waals surface area (Å²) in [6.07, 6.45) is 0.862. The quantitative estimate of drug-likeness (QED) is 0.525. The minimum atomic E-state index is -0.242. The first kappa shape index (κ1) is 18.6. The van der Waals surface area contributed by atoms with Crippen molar-refractivity contribution in [3.8, 4) is 11.1 Å². The molecule has 1 heterocycles. The zero-order valence-electron chi connectivity index (χ0n) is 16.1. The van der Waals surface area contributed by atoms with Crippen LogP contribution in [0.3, 0.4) is 0 Å². The lowest BCUT2D eigenvalue weighted by molar-refractivity contribution is -0.125.